The van der Waals surface area contributed by atoms with E-state index in [-0.39, 0.29) is 0 Å². The van der Waals surface area contributed by atoms with Crippen LogP contribution in [0.5, 0.6) is 0 Å². The van der Waals surface area contributed by atoms with Gasteiger partial charge < -0.3 is 9.53 Å². The van der Waals surface area contributed by atoms with Gasteiger partial charge in [-0.3, -0.25) is 4.90 Å². The molecule has 0 heterocycles. The Morgan fingerprint density at radius 2 is 2.14 bits per heavy atom. The second-order valence-electron chi connectivity index (χ2n) is 4.07. The molecular formula is C11H21NO2. The highest BCUT2D eigenvalue weighted by atomic mass is 16.5. The highest BCUT2D eigenvalue weighted by molar-refractivity contribution is 5.75. The summed E-state index contributed by atoms with van der Waals surface area (Å²) in [6.45, 7) is 4.53. The van der Waals surface area contributed by atoms with Crippen LogP contribution in [-0.4, -0.2) is 43.5 Å². The van der Waals surface area contributed by atoms with Crippen molar-refractivity contribution in [2.24, 2.45) is 0 Å². The van der Waals surface area contributed by atoms with E-state index in [1.807, 2.05) is 0 Å². The van der Waals surface area contributed by atoms with Gasteiger partial charge in [-0.1, -0.05) is 0 Å². The zero-order chi connectivity index (χ0) is 10.4. The van der Waals surface area contributed by atoms with Crippen LogP contribution >= 0.6 is 0 Å². The molecule has 0 amide bonds. The number of hydrogen-bond acceptors (Lipinski definition) is 3. The number of nitrogens with zero attached hydrogens (tertiary/aromatic N) is 1. The monoisotopic (exact) mass is 199 g/mol. The van der Waals surface area contributed by atoms with E-state index in [0.717, 1.165) is 38.6 Å². The molecule has 1 saturated carbocycles. The van der Waals surface area contributed by atoms with Crippen LogP contribution in [0.1, 0.15) is 32.6 Å². The second-order valence-corrected chi connectivity index (χ2v) is 4.07. The van der Waals surface area contributed by atoms with Crippen molar-refractivity contribution < 1.29 is 9.53 Å². The first-order valence-electron chi connectivity index (χ1n) is 5.46. The smallest absolute Gasteiger partial charge is 0.129 e. The topological polar surface area (TPSA) is 29.5 Å². The number of rotatable bonds is 8. The molecule has 3 heteroatoms. The first-order chi connectivity index (χ1) is 6.74. The maximum Gasteiger partial charge on any atom is 0.129 e. The molecule has 1 rings (SSSR count). The molecule has 3 nitrogen and oxygen atoms in total. The zero-order valence-electron chi connectivity index (χ0n) is 9.29. The lowest BCUT2D eigenvalue weighted by Gasteiger charge is -2.20. The highest BCUT2D eigenvalue weighted by Crippen LogP contribution is 2.26. The minimum atomic E-state index is 0.299. The molecule has 0 aromatic carbocycles. The number of hydrogen-bond donors (Lipinski definition) is 0. The Morgan fingerprint density at radius 1 is 1.43 bits per heavy atom. The zero-order valence-corrected chi connectivity index (χ0v) is 9.29. The summed E-state index contributed by atoms with van der Waals surface area (Å²) in [7, 11) is 1.74. The summed E-state index contributed by atoms with van der Waals surface area (Å²) in [6, 6.07) is 0.775. The summed E-state index contributed by atoms with van der Waals surface area (Å²) < 4.78 is 5.07. The maximum atomic E-state index is 10.8. The molecule has 0 unspecified atom stereocenters. The van der Waals surface area contributed by atoms with Crippen molar-refractivity contribution in [2.75, 3.05) is 26.8 Å². The fourth-order valence-corrected chi connectivity index (χ4v) is 1.66. The quantitative estimate of drug-likeness (QED) is 0.593. The summed E-state index contributed by atoms with van der Waals surface area (Å²) in [4.78, 5) is 13.2. The lowest BCUT2D eigenvalue weighted by Crippen LogP contribution is -2.30. The summed E-state index contributed by atoms with van der Waals surface area (Å²) in [5, 5.41) is 0. The first kappa shape index (κ1) is 11.7. The number of methoxy groups -OCH3 is 1. The van der Waals surface area contributed by atoms with Crippen LogP contribution in [0.2, 0.25) is 0 Å². The summed E-state index contributed by atoms with van der Waals surface area (Å²) in [5.74, 6) is 0.299. The van der Waals surface area contributed by atoms with Crippen LogP contribution in [0.15, 0.2) is 0 Å². The molecule has 14 heavy (non-hydrogen) atoms. The van der Waals surface area contributed by atoms with E-state index in [1.165, 1.54) is 12.8 Å². The minimum absolute atomic E-state index is 0.299. The molecule has 0 aromatic heterocycles. The van der Waals surface area contributed by atoms with Crippen LogP contribution in [0, 0.1) is 0 Å². The predicted molar refractivity (Wildman–Crippen MR) is 56.4 cm³/mol. The van der Waals surface area contributed by atoms with Gasteiger partial charge in [0.25, 0.3) is 0 Å². The molecule has 0 radical (unpaired) electrons. The second kappa shape index (κ2) is 6.14. The van der Waals surface area contributed by atoms with E-state index in [9.17, 15) is 4.79 Å². The molecular weight excluding hydrogens is 178 g/mol. The minimum Gasteiger partial charge on any atom is -0.383 e. The summed E-state index contributed by atoms with van der Waals surface area (Å²) in [5.41, 5.74) is 0. The van der Waals surface area contributed by atoms with Gasteiger partial charge in [0, 0.05) is 26.1 Å². The number of ether oxygens (including phenoxy) is 1. The number of ketones is 1. The highest BCUT2D eigenvalue weighted by Gasteiger charge is 2.27. The van der Waals surface area contributed by atoms with Crippen LogP contribution in [0.25, 0.3) is 0 Å². The molecule has 0 atom stereocenters. The third kappa shape index (κ3) is 4.72. The van der Waals surface area contributed by atoms with Gasteiger partial charge in [-0.25, -0.2) is 0 Å². The Kier molecular flexibility index (Phi) is 5.12. The molecule has 0 saturated heterocycles. The third-order valence-electron chi connectivity index (χ3n) is 2.62. The van der Waals surface area contributed by atoms with Gasteiger partial charge in [0.05, 0.1) is 6.61 Å². The van der Waals surface area contributed by atoms with Gasteiger partial charge in [-0.2, -0.15) is 0 Å². The van der Waals surface area contributed by atoms with E-state index in [1.54, 1.807) is 14.0 Å². The largest absolute Gasteiger partial charge is 0.383 e. The first-order valence-corrected chi connectivity index (χ1v) is 5.46. The SMILES string of the molecule is COCCN(CCCC(C)=O)C1CC1. The Hall–Kier alpha value is -0.410. The van der Waals surface area contributed by atoms with E-state index in [2.05, 4.69) is 4.90 Å². The van der Waals surface area contributed by atoms with E-state index >= 15 is 0 Å². The Bertz CT molecular complexity index is 178. The van der Waals surface area contributed by atoms with Gasteiger partial charge in [0.2, 0.25) is 0 Å². The van der Waals surface area contributed by atoms with E-state index in [4.69, 9.17) is 4.74 Å². The number of Topliss-reactive ketones (excluding diaryl/α,β-unsaturated/α-hetero) is 1. The van der Waals surface area contributed by atoms with Crippen LogP contribution in [-0.2, 0) is 9.53 Å². The van der Waals surface area contributed by atoms with Crippen LogP contribution in [0.3, 0.4) is 0 Å². The van der Waals surface area contributed by atoms with Crippen molar-refractivity contribution in [3.63, 3.8) is 0 Å². The molecule has 82 valence electrons. The third-order valence-corrected chi connectivity index (χ3v) is 2.62. The average Bonchev–Trinajstić information content (AvgIpc) is 2.93. The fourth-order valence-electron chi connectivity index (χ4n) is 1.66. The van der Waals surface area contributed by atoms with Crippen molar-refractivity contribution in [3.8, 4) is 0 Å². The fraction of sp³-hybridized carbons (Fsp3) is 0.909. The Morgan fingerprint density at radius 3 is 2.64 bits per heavy atom. The molecule has 0 aromatic rings. The normalized spacial score (nSPS) is 16.2. The van der Waals surface area contributed by atoms with Gasteiger partial charge in [0.15, 0.2) is 0 Å². The molecule has 1 aliphatic carbocycles. The molecule has 1 aliphatic rings. The molecule has 0 aliphatic heterocycles. The number of carbonyl (C=O) groups is 1. The van der Waals surface area contributed by atoms with Gasteiger partial charge in [-0.05, 0) is 32.7 Å². The lowest BCUT2D eigenvalue weighted by molar-refractivity contribution is -0.117. The Labute approximate surface area is 86.4 Å². The van der Waals surface area contributed by atoms with Crippen molar-refractivity contribution in [1.29, 1.82) is 0 Å². The molecule has 0 N–H and O–H groups in total. The summed E-state index contributed by atoms with van der Waals surface area (Å²) >= 11 is 0. The van der Waals surface area contributed by atoms with E-state index < -0.39 is 0 Å². The van der Waals surface area contributed by atoms with Gasteiger partial charge in [-0.15, -0.1) is 0 Å². The molecule has 0 spiro atoms. The van der Waals surface area contributed by atoms with Crippen molar-refractivity contribution in [3.05, 3.63) is 0 Å². The van der Waals surface area contributed by atoms with Crippen molar-refractivity contribution in [1.82, 2.24) is 4.90 Å². The van der Waals surface area contributed by atoms with Crippen molar-refractivity contribution >= 4 is 5.78 Å². The molecule has 1 fully saturated rings. The Balaban J connectivity index is 2.11. The average molecular weight is 199 g/mol. The predicted octanol–water partition coefficient (Wildman–Crippen LogP) is 1.47. The van der Waals surface area contributed by atoms with Crippen LogP contribution < -0.4 is 0 Å². The number of carbonyl (C=O) groups excluding carboxylic acids is 1. The van der Waals surface area contributed by atoms with Crippen LogP contribution in [0.4, 0.5) is 0 Å². The van der Waals surface area contributed by atoms with Gasteiger partial charge >= 0.3 is 0 Å². The van der Waals surface area contributed by atoms with Gasteiger partial charge in [0.1, 0.15) is 5.78 Å². The molecule has 0 bridgehead atoms. The van der Waals surface area contributed by atoms with Crippen molar-refractivity contribution in [2.45, 2.75) is 38.6 Å². The standard InChI is InChI=1S/C11H21NO2/c1-10(13)4-3-7-12(8-9-14-2)11-5-6-11/h11H,3-9H2,1-2H3. The lowest BCUT2D eigenvalue weighted by atomic mass is 10.2. The summed E-state index contributed by atoms with van der Waals surface area (Å²) in [6.07, 6.45) is 4.36. The maximum absolute atomic E-state index is 10.8. The van der Waals surface area contributed by atoms with E-state index in [0.29, 0.717) is 5.78 Å².